The summed E-state index contributed by atoms with van der Waals surface area (Å²) < 4.78 is 5.60. The van der Waals surface area contributed by atoms with E-state index >= 15 is 0 Å². The summed E-state index contributed by atoms with van der Waals surface area (Å²) in [6.07, 6.45) is 1.77. The van der Waals surface area contributed by atoms with Crippen molar-refractivity contribution in [1.82, 2.24) is 4.98 Å². The van der Waals surface area contributed by atoms with Crippen LogP contribution in [0.15, 0.2) is 59.0 Å². The SMILES string of the molecule is CCOc1cc(C=NNc2nc(-c3ccccc3)cs2)ccc1C. The second-order valence-corrected chi connectivity index (χ2v) is 6.09. The molecule has 0 aliphatic rings. The summed E-state index contributed by atoms with van der Waals surface area (Å²) in [4.78, 5) is 4.54. The number of aromatic nitrogens is 1. The molecule has 0 saturated heterocycles. The third kappa shape index (κ3) is 4.00. The smallest absolute Gasteiger partial charge is 0.203 e. The molecule has 0 spiro atoms. The van der Waals surface area contributed by atoms with E-state index in [1.807, 2.05) is 67.8 Å². The molecule has 122 valence electrons. The maximum absolute atomic E-state index is 5.60. The molecule has 0 radical (unpaired) electrons. The molecule has 4 nitrogen and oxygen atoms in total. The van der Waals surface area contributed by atoms with Crippen molar-refractivity contribution in [3.63, 3.8) is 0 Å². The van der Waals surface area contributed by atoms with Gasteiger partial charge >= 0.3 is 0 Å². The Kier molecular flexibility index (Phi) is 5.23. The van der Waals surface area contributed by atoms with E-state index in [0.717, 1.165) is 33.3 Å². The summed E-state index contributed by atoms with van der Waals surface area (Å²) in [5.41, 5.74) is 7.14. The van der Waals surface area contributed by atoms with Gasteiger partial charge in [0.1, 0.15) is 5.75 Å². The van der Waals surface area contributed by atoms with Crippen molar-refractivity contribution in [3.05, 3.63) is 65.0 Å². The van der Waals surface area contributed by atoms with Gasteiger partial charge < -0.3 is 4.74 Å². The van der Waals surface area contributed by atoms with Crippen molar-refractivity contribution in [2.24, 2.45) is 5.10 Å². The lowest BCUT2D eigenvalue weighted by atomic mass is 10.1. The molecule has 0 amide bonds. The van der Waals surface area contributed by atoms with Gasteiger partial charge in [-0.2, -0.15) is 5.10 Å². The zero-order valence-corrected chi connectivity index (χ0v) is 14.5. The molecule has 3 rings (SSSR count). The molecule has 5 heteroatoms. The van der Waals surface area contributed by atoms with Crippen LogP contribution in [0.5, 0.6) is 5.75 Å². The highest BCUT2D eigenvalue weighted by molar-refractivity contribution is 7.14. The van der Waals surface area contributed by atoms with Crippen molar-refractivity contribution >= 4 is 22.7 Å². The van der Waals surface area contributed by atoms with Crippen LogP contribution < -0.4 is 10.2 Å². The molecule has 1 heterocycles. The van der Waals surface area contributed by atoms with Crippen LogP contribution in [0, 0.1) is 6.92 Å². The van der Waals surface area contributed by atoms with Gasteiger partial charge in [-0.1, -0.05) is 42.5 Å². The Balaban J connectivity index is 1.67. The first-order valence-corrected chi connectivity index (χ1v) is 8.67. The second-order valence-electron chi connectivity index (χ2n) is 5.23. The first-order valence-electron chi connectivity index (χ1n) is 7.79. The third-order valence-electron chi connectivity index (χ3n) is 3.46. The molecule has 3 aromatic rings. The fraction of sp³-hybridized carbons (Fsp3) is 0.158. The minimum absolute atomic E-state index is 0.654. The largest absolute Gasteiger partial charge is 0.494 e. The Labute approximate surface area is 145 Å². The van der Waals surface area contributed by atoms with Crippen LogP contribution in [0.25, 0.3) is 11.3 Å². The Morgan fingerprint density at radius 1 is 1.21 bits per heavy atom. The monoisotopic (exact) mass is 337 g/mol. The predicted molar refractivity (Wildman–Crippen MR) is 101 cm³/mol. The summed E-state index contributed by atoms with van der Waals surface area (Å²) in [7, 11) is 0. The van der Waals surface area contributed by atoms with E-state index in [-0.39, 0.29) is 0 Å². The number of anilines is 1. The summed E-state index contributed by atoms with van der Waals surface area (Å²) in [6.45, 7) is 4.67. The van der Waals surface area contributed by atoms with Gasteiger partial charge in [0, 0.05) is 10.9 Å². The average molecular weight is 337 g/mol. The number of nitrogens with zero attached hydrogens (tertiary/aromatic N) is 2. The third-order valence-corrected chi connectivity index (χ3v) is 4.21. The zero-order valence-electron chi connectivity index (χ0n) is 13.7. The van der Waals surface area contributed by atoms with Gasteiger partial charge in [0.2, 0.25) is 5.13 Å². The number of hydrazone groups is 1. The average Bonchev–Trinajstić information content (AvgIpc) is 3.08. The molecule has 0 bridgehead atoms. The van der Waals surface area contributed by atoms with E-state index in [9.17, 15) is 0 Å². The van der Waals surface area contributed by atoms with Gasteiger partial charge in [-0.05, 0) is 31.0 Å². The molecule has 1 aromatic heterocycles. The van der Waals surface area contributed by atoms with Crippen molar-refractivity contribution < 1.29 is 4.74 Å². The van der Waals surface area contributed by atoms with E-state index < -0.39 is 0 Å². The highest BCUT2D eigenvalue weighted by Gasteiger charge is 2.03. The van der Waals surface area contributed by atoms with E-state index in [2.05, 4.69) is 15.5 Å². The van der Waals surface area contributed by atoms with Gasteiger partial charge in [0.15, 0.2) is 0 Å². The minimum Gasteiger partial charge on any atom is -0.494 e. The molecule has 2 aromatic carbocycles. The molecule has 0 unspecified atom stereocenters. The van der Waals surface area contributed by atoms with Gasteiger partial charge in [-0.25, -0.2) is 4.98 Å². The lowest BCUT2D eigenvalue weighted by Gasteiger charge is -2.07. The van der Waals surface area contributed by atoms with E-state index in [0.29, 0.717) is 6.61 Å². The van der Waals surface area contributed by atoms with E-state index in [1.54, 1.807) is 6.21 Å². The molecule has 0 aliphatic carbocycles. The van der Waals surface area contributed by atoms with Crippen LogP contribution in [0.3, 0.4) is 0 Å². The Bertz CT molecular complexity index is 828. The van der Waals surface area contributed by atoms with Crippen LogP contribution in [0.4, 0.5) is 5.13 Å². The highest BCUT2D eigenvalue weighted by Crippen LogP contribution is 2.24. The molecule has 0 atom stereocenters. The summed E-state index contributed by atoms with van der Waals surface area (Å²) in [5.74, 6) is 0.891. The van der Waals surface area contributed by atoms with Crippen molar-refractivity contribution in [1.29, 1.82) is 0 Å². The molecule has 1 N–H and O–H groups in total. The zero-order chi connectivity index (χ0) is 16.8. The maximum Gasteiger partial charge on any atom is 0.203 e. The minimum atomic E-state index is 0.654. The number of aryl methyl sites for hydroxylation is 1. The normalized spacial score (nSPS) is 10.9. The van der Waals surface area contributed by atoms with Gasteiger partial charge in [-0.15, -0.1) is 11.3 Å². The Hall–Kier alpha value is -2.66. The first kappa shape index (κ1) is 16.2. The van der Waals surface area contributed by atoms with Crippen molar-refractivity contribution in [2.45, 2.75) is 13.8 Å². The standard InChI is InChI=1S/C19H19N3OS/c1-3-23-18-11-15(10-9-14(18)2)12-20-22-19-21-17(13-24-19)16-7-5-4-6-8-16/h4-13H,3H2,1-2H3,(H,21,22). The van der Waals surface area contributed by atoms with Crippen LogP contribution in [0.1, 0.15) is 18.1 Å². The van der Waals surface area contributed by atoms with Crippen LogP contribution in [-0.2, 0) is 0 Å². The second kappa shape index (κ2) is 7.75. The number of hydrogen-bond acceptors (Lipinski definition) is 5. The lowest BCUT2D eigenvalue weighted by molar-refractivity contribution is 0.338. The Morgan fingerprint density at radius 3 is 2.83 bits per heavy atom. The predicted octanol–water partition coefficient (Wildman–Crippen LogP) is 4.96. The number of benzene rings is 2. The van der Waals surface area contributed by atoms with Crippen LogP contribution >= 0.6 is 11.3 Å². The summed E-state index contributed by atoms with van der Waals surface area (Å²) >= 11 is 1.53. The summed E-state index contributed by atoms with van der Waals surface area (Å²) in [5, 5.41) is 7.05. The molecule has 0 aliphatic heterocycles. The van der Waals surface area contributed by atoms with Gasteiger partial charge in [-0.3, -0.25) is 5.43 Å². The number of thiazole rings is 1. The van der Waals surface area contributed by atoms with E-state index in [1.165, 1.54) is 11.3 Å². The molecular weight excluding hydrogens is 318 g/mol. The molecule has 0 saturated carbocycles. The van der Waals surface area contributed by atoms with Crippen LogP contribution in [0.2, 0.25) is 0 Å². The van der Waals surface area contributed by atoms with Crippen molar-refractivity contribution in [2.75, 3.05) is 12.0 Å². The highest BCUT2D eigenvalue weighted by atomic mass is 32.1. The number of ether oxygens (including phenoxy) is 1. The fourth-order valence-corrected chi connectivity index (χ4v) is 2.91. The fourth-order valence-electron chi connectivity index (χ4n) is 2.24. The molecule has 24 heavy (non-hydrogen) atoms. The number of rotatable bonds is 6. The summed E-state index contributed by atoms with van der Waals surface area (Å²) in [6, 6.07) is 16.1. The first-order chi connectivity index (χ1) is 11.8. The number of hydrogen-bond donors (Lipinski definition) is 1. The van der Waals surface area contributed by atoms with E-state index in [4.69, 9.17) is 4.74 Å². The van der Waals surface area contributed by atoms with Crippen LogP contribution in [-0.4, -0.2) is 17.8 Å². The van der Waals surface area contributed by atoms with Gasteiger partial charge in [0.25, 0.3) is 0 Å². The number of nitrogens with one attached hydrogen (secondary N) is 1. The van der Waals surface area contributed by atoms with Gasteiger partial charge in [0.05, 0.1) is 18.5 Å². The molecule has 0 fully saturated rings. The Morgan fingerprint density at radius 2 is 2.04 bits per heavy atom. The topological polar surface area (TPSA) is 46.5 Å². The van der Waals surface area contributed by atoms with Crippen molar-refractivity contribution in [3.8, 4) is 17.0 Å². The maximum atomic E-state index is 5.60. The molecular formula is C19H19N3OS. The quantitative estimate of drug-likeness (QED) is 0.510. The lowest BCUT2D eigenvalue weighted by Crippen LogP contribution is -1.96.